The van der Waals surface area contributed by atoms with Crippen molar-refractivity contribution in [3.8, 4) is 0 Å². The van der Waals surface area contributed by atoms with Gasteiger partial charge >= 0.3 is 0 Å². The van der Waals surface area contributed by atoms with E-state index in [2.05, 4.69) is 15.4 Å². The highest BCUT2D eigenvalue weighted by Crippen LogP contribution is 2.23. The van der Waals surface area contributed by atoms with Crippen molar-refractivity contribution in [2.75, 3.05) is 0 Å². The van der Waals surface area contributed by atoms with E-state index in [0.717, 1.165) is 5.03 Å². The number of aromatic nitrogens is 3. The van der Waals surface area contributed by atoms with Crippen LogP contribution in [0.5, 0.6) is 0 Å². The Balaban J connectivity index is 2.15. The van der Waals surface area contributed by atoms with Crippen molar-refractivity contribution < 1.29 is 0 Å². The van der Waals surface area contributed by atoms with E-state index in [1.807, 2.05) is 30.3 Å². The fourth-order valence-electron chi connectivity index (χ4n) is 0.850. The summed E-state index contributed by atoms with van der Waals surface area (Å²) in [5, 5.41) is 11.0. The SMILES string of the molecule is c1ccc(Sc2c[nH]nn2)cc1. The Morgan fingerprint density at radius 2 is 2.00 bits per heavy atom. The average Bonchev–Trinajstić information content (AvgIpc) is 2.59. The molecule has 0 saturated heterocycles. The van der Waals surface area contributed by atoms with Crippen LogP contribution in [0.2, 0.25) is 0 Å². The van der Waals surface area contributed by atoms with Crippen LogP contribution in [-0.2, 0) is 0 Å². The summed E-state index contributed by atoms with van der Waals surface area (Å²) in [7, 11) is 0. The Bertz CT molecular complexity index is 330. The molecule has 1 N–H and O–H groups in total. The van der Waals surface area contributed by atoms with Crippen LogP contribution in [0.1, 0.15) is 0 Å². The molecule has 0 aliphatic rings. The topological polar surface area (TPSA) is 41.6 Å². The first-order chi connectivity index (χ1) is 5.95. The number of benzene rings is 1. The molecule has 4 heteroatoms. The summed E-state index contributed by atoms with van der Waals surface area (Å²) in [4.78, 5) is 1.17. The lowest BCUT2D eigenvalue weighted by molar-refractivity contribution is 0.911. The molecule has 0 aliphatic heterocycles. The van der Waals surface area contributed by atoms with Crippen molar-refractivity contribution in [1.82, 2.24) is 15.4 Å². The molecule has 0 aliphatic carbocycles. The average molecular weight is 177 g/mol. The molecule has 0 fully saturated rings. The lowest BCUT2D eigenvalue weighted by Crippen LogP contribution is -1.72. The highest BCUT2D eigenvalue weighted by molar-refractivity contribution is 7.99. The molecule has 2 aromatic rings. The van der Waals surface area contributed by atoms with Gasteiger partial charge in [0.05, 0.1) is 6.20 Å². The van der Waals surface area contributed by atoms with Gasteiger partial charge in [-0.3, -0.25) is 5.10 Å². The van der Waals surface area contributed by atoms with Gasteiger partial charge in [0.15, 0.2) is 0 Å². The van der Waals surface area contributed by atoms with Gasteiger partial charge in [-0.15, -0.1) is 5.10 Å². The minimum Gasteiger partial charge on any atom is -0.264 e. The van der Waals surface area contributed by atoms with Crippen LogP contribution in [0.15, 0.2) is 46.5 Å². The van der Waals surface area contributed by atoms with Gasteiger partial charge in [0, 0.05) is 4.90 Å². The molecule has 0 amide bonds. The van der Waals surface area contributed by atoms with Gasteiger partial charge < -0.3 is 0 Å². The zero-order valence-electron chi connectivity index (χ0n) is 6.27. The summed E-state index contributed by atoms with van der Waals surface area (Å²) >= 11 is 1.59. The van der Waals surface area contributed by atoms with E-state index in [0.29, 0.717) is 0 Å². The molecule has 0 atom stereocenters. The first kappa shape index (κ1) is 7.36. The molecule has 12 heavy (non-hydrogen) atoms. The monoisotopic (exact) mass is 177 g/mol. The van der Waals surface area contributed by atoms with E-state index in [9.17, 15) is 0 Å². The molecule has 60 valence electrons. The Labute approximate surface area is 74.2 Å². The van der Waals surface area contributed by atoms with Crippen molar-refractivity contribution in [2.24, 2.45) is 0 Å². The largest absolute Gasteiger partial charge is 0.264 e. The second kappa shape index (κ2) is 3.40. The highest BCUT2D eigenvalue weighted by Gasteiger charge is 1.97. The second-order valence-electron chi connectivity index (χ2n) is 2.23. The maximum Gasteiger partial charge on any atom is 0.143 e. The van der Waals surface area contributed by atoms with Gasteiger partial charge in [0.25, 0.3) is 0 Å². The number of H-pyrrole nitrogens is 1. The summed E-state index contributed by atoms with van der Waals surface area (Å²) < 4.78 is 0. The van der Waals surface area contributed by atoms with Crippen LogP contribution >= 0.6 is 11.8 Å². The number of rotatable bonds is 2. The van der Waals surface area contributed by atoms with Gasteiger partial charge in [-0.1, -0.05) is 35.2 Å². The summed E-state index contributed by atoms with van der Waals surface area (Å²) in [6.45, 7) is 0. The van der Waals surface area contributed by atoms with Crippen molar-refractivity contribution in [1.29, 1.82) is 0 Å². The first-order valence-electron chi connectivity index (χ1n) is 3.54. The van der Waals surface area contributed by atoms with Crippen molar-refractivity contribution in [2.45, 2.75) is 9.92 Å². The Morgan fingerprint density at radius 1 is 1.17 bits per heavy atom. The molecule has 0 unspecified atom stereocenters. The molecule has 0 spiro atoms. The highest BCUT2D eigenvalue weighted by atomic mass is 32.2. The Hall–Kier alpha value is -1.29. The Morgan fingerprint density at radius 3 is 2.67 bits per heavy atom. The number of aromatic amines is 1. The van der Waals surface area contributed by atoms with Crippen LogP contribution in [0.4, 0.5) is 0 Å². The summed E-state index contributed by atoms with van der Waals surface area (Å²) in [5.41, 5.74) is 0. The predicted octanol–water partition coefficient (Wildman–Crippen LogP) is 1.96. The van der Waals surface area contributed by atoms with Crippen molar-refractivity contribution in [3.63, 3.8) is 0 Å². The summed E-state index contributed by atoms with van der Waals surface area (Å²) in [5.74, 6) is 0. The fraction of sp³-hybridized carbons (Fsp3) is 0. The molecule has 1 aromatic carbocycles. The minimum atomic E-state index is 0.890. The van der Waals surface area contributed by atoms with Crippen LogP contribution in [0, 0.1) is 0 Å². The van der Waals surface area contributed by atoms with Gasteiger partial charge in [0.1, 0.15) is 5.03 Å². The minimum absolute atomic E-state index is 0.890. The number of hydrogen-bond acceptors (Lipinski definition) is 3. The van der Waals surface area contributed by atoms with Crippen LogP contribution in [-0.4, -0.2) is 15.4 Å². The maximum absolute atomic E-state index is 3.87. The molecular weight excluding hydrogens is 170 g/mol. The van der Waals surface area contributed by atoms with Crippen LogP contribution in [0.25, 0.3) is 0 Å². The number of nitrogens with zero attached hydrogens (tertiary/aromatic N) is 2. The number of nitrogens with one attached hydrogen (secondary N) is 1. The lowest BCUT2D eigenvalue weighted by Gasteiger charge is -1.93. The predicted molar refractivity (Wildman–Crippen MR) is 46.9 cm³/mol. The van der Waals surface area contributed by atoms with Gasteiger partial charge in [-0.25, -0.2) is 0 Å². The molecule has 3 nitrogen and oxygen atoms in total. The zero-order valence-corrected chi connectivity index (χ0v) is 7.08. The smallest absolute Gasteiger partial charge is 0.143 e. The van der Waals surface area contributed by atoms with Gasteiger partial charge in [0.2, 0.25) is 0 Å². The molecule has 0 radical (unpaired) electrons. The maximum atomic E-state index is 3.87. The fourth-order valence-corrected chi connectivity index (χ4v) is 1.58. The zero-order chi connectivity index (χ0) is 8.23. The van der Waals surface area contributed by atoms with Gasteiger partial charge in [-0.05, 0) is 12.1 Å². The third kappa shape index (κ3) is 1.65. The first-order valence-corrected chi connectivity index (χ1v) is 4.36. The van der Waals surface area contributed by atoms with E-state index in [4.69, 9.17) is 0 Å². The van der Waals surface area contributed by atoms with E-state index in [-0.39, 0.29) is 0 Å². The summed E-state index contributed by atoms with van der Waals surface area (Å²) in [6, 6.07) is 10.1. The molecule has 2 rings (SSSR count). The molecular formula is C8H7N3S. The van der Waals surface area contributed by atoms with Crippen LogP contribution < -0.4 is 0 Å². The molecule has 1 aromatic heterocycles. The third-order valence-corrected chi connectivity index (χ3v) is 2.28. The van der Waals surface area contributed by atoms with Gasteiger partial charge in [-0.2, -0.15) is 0 Å². The normalized spacial score (nSPS) is 10.0. The molecule has 0 saturated carbocycles. The molecule has 0 bridgehead atoms. The van der Waals surface area contributed by atoms with E-state index >= 15 is 0 Å². The third-order valence-electron chi connectivity index (χ3n) is 1.36. The van der Waals surface area contributed by atoms with E-state index in [1.165, 1.54) is 4.90 Å². The second-order valence-corrected chi connectivity index (χ2v) is 3.32. The quantitative estimate of drug-likeness (QED) is 0.762. The van der Waals surface area contributed by atoms with Crippen molar-refractivity contribution >= 4 is 11.8 Å². The summed E-state index contributed by atoms with van der Waals surface area (Å²) in [6.07, 6.45) is 1.78. The van der Waals surface area contributed by atoms with E-state index in [1.54, 1.807) is 18.0 Å². The van der Waals surface area contributed by atoms with Crippen molar-refractivity contribution in [3.05, 3.63) is 36.5 Å². The van der Waals surface area contributed by atoms with E-state index < -0.39 is 0 Å². The Kier molecular flexibility index (Phi) is 2.09. The lowest BCUT2D eigenvalue weighted by atomic mass is 10.4. The number of hydrogen-bond donors (Lipinski definition) is 1. The van der Waals surface area contributed by atoms with Crippen LogP contribution in [0.3, 0.4) is 0 Å². The molecule has 1 heterocycles. The standard InChI is InChI=1S/C8H7N3S/c1-2-4-7(5-3-1)12-8-6-9-11-10-8/h1-6H,(H,9,10,11).